The van der Waals surface area contributed by atoms with Gasteiger partial charge in [-0.25, -0.2) is 13.8 Å². The van der Waals surface area contributed by atoms with Gasteiger partial charge in [-0.3, -0.25) is 14.5 Å². The lowest BCUT2D eigenvalue weighted by Crippen LogP contribution is -2.29. The van der Waals surface area contributed by atoms with Crippen LogP contribution in [0.2, 0.25) is 0 Å². The van der Waals surface area contributed by atoms with Gasteiger partial charge >= 0.3 is 5.91 Å². The minimum Gasteiger partial charge on any atom is -0.507 e. The number of aromatic nitrogens is 1. The number of benzene rings is 4. The molecule has 0 spiro atoms. The Morgan fingerprint density at radius 1 is 0.900 bits per heavy atom. The molecule has 1 amide bonds. The van der Waals surface area contributed by atoms with Crippen LogP contribution in [0.15, 0.2) is 103 Å². The summed E-state index contributed by atoms with van der Waals surface area (Å²) in [5.74, 6) is -2.76. The number of hydrogen-bond acceptors (Lipinski definition) is 6. The first-order valence-electron chi connectivity index (χ1n) is 12.3. The zero-order chi connectivity index (χ0) is 27.8. The van der Waals surface area contributed by atoms with Crippen LogP contribution in [0.4, 0.5) is 13.9 Å². The van der Waals surface area contributed by atoms with Gasteiger partial charge in [0, 0.05) is 5.56 Å². The van der Waals surface area contributed by atoms with Gasteiger partial charge in [-0.05, 0) is 65.7 Å². The molecule has 0 radical (unpaired) electrons. The molecule has 1 N–H and O–H groups in total. The van der Waals surface area contributed by atoms with E-state index in [4.69, 9.17) is 4.74 Å². The summed E-state index contributed by atoms with van der Waals surface area (Å²) in [5, 5.41) is 11.4. The van der Waals surface area contributed by atoms with Crippen LogP contribution < -0.4 is 9.64 Å². The third-order valence-electron chi connectivity index (χ3n) is 6.53. The first-order valence-corrected chi connectivity index (χ1v) is 13.1. The molecule has 0 aliphatic carbocycles. The SMILES string of the molecule is O=C1C(=O)N(c2nc3ccc(F)cc3s2)C(c2cccc(OCc3ccccc3)c2)/C1=C(\O)c1ccc(F)cc1. The van der Waals surface area contributed by atoms with E-state index in [0.29, 0.717) is 28.1 Å². The maximum absolute atomic E-state index is 13.9. The molecule has 1 aliphatic rings. The maximum Gasteiger partial charge on any atom is 0.301 e. The summed E-state index contributed by atoms with van der Waals surface area (Å²) in [7, 11) is 0. The van der Waals surface area contributed by atoms with E-state index >= 15 is 0 Å². The van der Waals surface area contributed by atoms with Crippen LogP contribution in [-0.2, 0) is 16.2 Å². The molecule has 1 atom stereocenters. The highest BCUT2D eigenvalue weighted by molar-refractivity contribution is 7.22. The number of fused-ring (bicyclic) bond motifs is 1. The maximum atomic E-state index is 13.9. The van der Waals surface area contributed by atoms with Crippen molar-refractivity contribution in [1.29, 1.82) is 0 Å². The summed E-state index contributed by atoms with van der Waals surface area (Å²) < 4.78 is 33.9. The number of aliphatic hydroxyl groups excluding tert-OH is 1. The molecule has 40 heavy (non-hydrogen) atoms. The number of halogens is 2. The number of carbonyl (C=O) groups excluding carboxylic acids is 2. The zero-order valence-corrected chi connectivity index (χ0v) is 21.6. The number of ether oxygens (including phenoxy) is 1. The number of carbonyl (C=O) groups is 2. The molecule has 5 aromatic rings. The van der Waals surface area contributed by atoms with Crippen LogP contribution in [0.3, 0.4) is 0 Å². The van der Waals surface area contributed by atoms with Gasteiger partial charge in [0.2, 0.25) is 0 Å². The Kier molecular flexibility index (Phi) is 6.57. The molecule has 1 unspecified atom stereocenters. The van der Waals surface area contributed by atoms with E-state index in [-0.39, 0.29) is 16.3 Å². The number of ketones is 1. The van der Waals surface area contributed by atoms with Crippen LogP contribution in [0, 0.1) is 11.6 Å². The number of Topliss-reactive ketones (excluding diaryl/α,β-unsaturated/α-hetero) is 1. The quantitative estimate of drug-likeness (QED) is 0.142. The minimum absolute atomic E-state index is 0.168. The Hall–Kier alpha value is -4.89. The van der Waals surface area contributed by atoms with Crippen molar-refractivity contribution < 1.29 is 28.2 Å². The van der Waals surface area contributed by atoms with E-state index in [1.165, 1.54) is 35.2 Å². The number of anilines is 1. The summed E-state index contributed by atoms with van der Waals surface area (Å²) in [6, 6.07) is 24.4. The van der Waals surface area contributed by atoms with E-state index in [0.717, 1.165) is 29.0 Å². The van der Waals surface area contributed by atoms with E-state index < -0.39 is 35.1 Å². The van der Waals surface area contributed by atoms with Gasteiger partial charge in [-0.2, -0.15) is 0 Å². The monoisotopic (exact) mass is 554 g/mol. The van der Waals surface area contributed by atoms with Crippen molar-refractivity contribution in [2.24, 2.45) is 0 Å². The van der Waals surface area contributed by atoms with Crippen molar-refractivity contribution in [2.45, 2.75) is 12.6 Å². The van der Waals surface area contributed by atoms with Gasteiger partial charge in [0.25, 0.3) is 5.78 Å². The highest BCUT2D eigenvalue weighted by atomic mass is 32.1. The van der Waals surface area contributed by atoms with Gasteiger partial charge in [0.1, 0.15) is 29.8 Å². The summed E-state index contributed by atoms with van der Waals surface area (Å²) >= 11 is 1.05. The van der Waals surface area contributed by atoms with Crippen LogP contribution in [0.1, 0.15) is 22.7 Å². The second-order valence-corrected chi connectivity index (χ2v) is 10.1. The molecule has 6 rings (SSSR count). The number of thiazole rings is 1. The largest absolute Gasteiger partial charge is 0.507 e. The Morgan fingerprint density at radius 3 is 2.42 bits per heavy atom. The van der Waals surface area contributed by atoms with Crippen LogP contribution >= 0.6 is 11.3 Å². The molecule has 198 valence electrons. The summed E-state index contributed by atoms with van der Waals surface area (Å²) in [6.07, 6.45) is 0. The van der Waals surface area contributed by atoms with Crippen molar-refractivity contribution >= 4 is 44.1 Å². The molecule has 4 aromatic carbocycles. The number of hydrogen-bond donors (Lipinski definition) is 1. The van der Waals surface area contributed by atoms with E-state index in [2.05, 4.69) is 4.98 Å². The fourth-order valence-corrected chi connectivity index (χ4v) is 5.63. The Bertz CT molecular complexity index is 1780. The molecule has 1 aliphatic heterocycles. The first-order chi connectivity index (χ1) is 19.4. The predicted molar refractivity (Wildman–Crippen MR) is 148 cm³/mol. The highest BCUT2D eigenvalue weighted by Gasteiger charge is 2.48. The highest BCUT2D eigenvalue weighted by Crippen LogP contribution is 2.45. The lowest BCUT2D eigenvalue weighted by atomic mass is 9.95. The fourth-order valence-electron chi connectivity index (χ4n) is 4.61. The summed E-state index contributed by atoms with van der Waals surface area (Å²) in [6.45, 7) is 0.295. The third-order valence-corrected chi connectivity index (χ3v) is 7.55. The third kappa shape index (κ3) is 4.71. The molecule has 1 fully saturated rings. The topological polar surface area (TPSA) is 79.7 Å². The zero-order valence-electron chi connectivity index (χ0n) is 20.8. The van der Waals surface area contributed by atoms with Crippen LogP contribution in [-0.4, -0.2) is 21.8 Å². The average molecular weight is 555 g/mol. The second-order valence-electron chi connectivity index (χ2n) is 9.13. The molecule has 6 nitrogen and oxygen atoms in total. The van der Waals surface area contributed by atoms with Gasteiger partial charge in [0.15, 0.2) is 5.13 Å². The van der Waals surface area contributed by atoms with Crippen LogP contribution in [0.25, 0.3) is 16.0 Å². The average Bonchev–Trinajstić information content (AvgIpc) is 3.50. The van der Waals surface area contributed by atoms with E-state index in [9.17, 15) is 23.5 Å². The lowest BCUT2D eigenvalue weighted by Gasteiger charge is -2.23. The number of rotatable bonds is 6. The molecular weight excluding hydrogens is 534 g/mol. The standard InChI is InChI=1S/C31H20F2N2O4S/c32-21-11-9-19(10-12-21)28(36)26-27(20-7-4-8-23(15-20)39-17-18-5-2-1-3-6-18)35(30(38)29(26)37)31-34-24-14-13-22(33)16-25(24)40-31/h1-16,27,36H,17H2/b28-26+. The Balaban J connectivity index is 1.47. The van der Waals surface area contributed by atoms with Crippen molar-refractivity contribution in [3.8, 4) is 5.75 Å². The normalized spacial score (nSPS) is 16.6. The Labute approximate surface area is 231 Å². The minimum atomic E-state index is -1.07. The second kappa shape index (κ2) is 10.3. The van der Waals surface area contributed by atoms with Gasteiger partial charge < -0.3 is 9.84 Å². The molecule has 0 saturated carbocycles. The fraction of sp³-hybridized carbons (Fsp3) is 0.0645. The number of amides is 1. The van der Waals surface area contributed by atoms with Crippen molar-refractivity contribution in [3.05, 3.63) is 131 Å². The smallest absolute Gasteiger partial charge is 0.301 e. The molecular formula is C31H20F2N2O4S. The van der Waals surface area contributed by atoms with Gasteiger partial charge in [-0.15, -0.1) is 0 Å². The molecule has 0 bridgehead atoms. The lowest BCUT2D eigenvalue weighted by molar-refractivity contribution is -0.132. The first kappa shape index (κ1) is 25.4. The van der Waals surface area contributed by atoms with Crippen molar-refractivity contribution in [2.75, 3.05) is 4.90 Å². The molecule has 1 aromatic heterocycles. The van der Waals surface area contributed by atoms with Crippen molar-refractivity contribution in [3.63, 3.8) is 0 Å². The number of nitrogens with zero attached hydrogens (tertiary/aromatic N) is 2. The molecule has 9 heteroatoms. The number of aliphatic hydroxyl groups is 1. The predicted octanol–water partition coefficient (Wildman–Crippen LogP) is 6.78. The van der Waals surface area contributed by atoms with Gasteiger partial charge in [0.05, 0.1) is 21.8 Å². The Morgan fingerprint density at radius 2 is 1.65 bits per heavy atom. The van der Waals surface area contributed by atoms with Crippen molar-refractivity contribution in [1.82, 2.24) is 4.98 Å². The summed E-state index contributed by atoms with van der Waals surface area (Å²) in [5.41, 5.74) is 1.89. The molecule has 2 heterocycles. The van der Waals surface area contributed by atoms with Gasteiger partial charge in [-0.1, -0.05) is 53.8 Å². The van der Waals surface area contributed by atoms with E-state index in [1.54, 1.807) is 24.3 Å². The summed E-state index contributed by atoms with van der Waals surface area (Å²) in [4.78, 5) is 32.6. The molecule has 1 saturated heterocycles. The van der Waals surface area contributed by atoms with E-state index in [1.807, 2.05) is 30.3 Å². The van der Waals surface area contributed by atoms with Crippen LogP contribution in [0.5, 0.6) is 5.75 Å².